The molecule has 0 aliphatic carbocycles. The highest BCUT2D eigenvalue weighted by atomic mass is 35.5. The third-order valence-corrected chi connectivity index (χ3v) is 4.46. The van der Waals surface area contributed by atoms with E-state index < -0.39 is 6.10 Å². The zero-order valence-electron chi connectivity index (χ0n) is 13.3. The largest absolute Gasteiger partial charge is 0.364 e. The molecule has 1 heterocycles. The predicted molar refractivity (Wildman–Crippen MR) is 92.8 cm³/mol. The van der Waals surface area contributed by atoms with Gasteiger partial charge in [0.25, 0.3) is 5.91 Å². The molecule has 0 saturated heterocycles. The van der Waals surface area contributed by atoms with E-state index >= 15 is 0 Å². The molecule has 0 bridgehead atoms. The van der Waals surface area contributed by atoms with Crippen molar-refractivity contribution in [3.63, 3.8) is 0 Å². The normalized spacial score (nSPS) is 17.9. The number of para-hydroxylation sites is 1. The summed E-state index contributed by atoms with van der Waals surface area (Å²) >= 11 is 5.87. The van der Waals surface area contributed by atoms with Gasteiger partial charge in [0.1, 0.15) is 6.10 Å². The summed E-state index contributed by atoms with van der Waals surface area (Å²) in [5.74, 6) is 0.0106. The van der Waals surface area contributed by atoms with Gasteiger partial charge >= 0.3 is 0 Å². The lowest BCUT2D eigenvalue weighted by molar-refractivity contribution is -0.130. The first-order valence-electron chi connectivity index (χ1n) is 7.83. The van der Waals surface area contributed by atoms with Gasteiger partial charge < -0.3 is 9.64 Å². The van der Waals surface area contributed by atoms with Crippen LogP contribution in [0.4, 0.5) is 5.69 Å². The zero-order valence-corrected chi connectivity index (χ0v) is 14.1. The highest BCUT2D eigenvalue weighted by molar-refractivity contribution is 6.30. The molecule has 0 fully saturated rings. The zero-order chi connectivity index (χ0) is 16.4. The summed E-state index contributed by atoms with van der Waals surface area (Å²) in [6, 6.07) is 15.7. The van der Waals surface area contributed by atoms with Gasteiger partial charge in [-0.2, -0.15) is 0 Å². The second-order valence-electron chi connectivity index (χ2n) is 5.97. The number of carbonyl (C=O) groups is 1. The van der Waals surface area contributed by atoms with Gasteiger partial charge in [-0.1, -0.05) is 41.9 Å². The SMILES string of the molecule is C[C@@H](OCc1ccc(Cl)cc1)C(=O)N1c2ccccc2C[C@@H]1C. The van der Waals surface area contributed by atoms with Gasteiger partial charge in [0.05, 0.1) is 6.61 Å². The van der Waals surface area contributed by atoms with Crippen LogP contribution in [0, 0.1) is 0 Å². The van der Waals surface area contributed by atoms with E-state index in [-0.39, 0.29) is 11.9 Å². The van der Waals surface area contributed by atoms with E-state index in [2.05, 4.69) is 13.0 Å². The number of hydrogen-bond donors (Lipinski definition) is 0. The summed E-state index contributed by atoms with van der Waals surface area (Å²) in [6.45, 7) is 4.28. The van der Waals surface area contributed by atoms with Crippen molar-refractivity contribution in [2.45, 2.75) is 39.0 Å². The molecular weight excluding hydrogens is 310 g/mol. The van der Waals surface area contributed by atoms with E-state index in [1.165, 1.54) is 5.56 Å². The van der Waals surface area contributed by atoms with Crippen LogP contribution in [0.5, 0.6) is 0 Å². The minimum atomic E-state index is -0.487. The Morgan fingerprint density at radius 1 is 1.26 bits per heavy atom. The number of hydrogen-bond acceptors (Lipinski definition) is 2. The highest BCUT2D eigenvalue weighted by Crippen LogP contribution is 2.32. The van der Waals surface area contributed by atoms with E-state index in [9.17, 15) is 4.79 Å². The second-order valence-corrected chi connectivity index (χ2v) is 6.41. The summed E-state index contributed by atoms with van der Waals surface area (Å²) < 4.78 is 5.77. The minimum absolute atomic E-state index is 0.0106. The van der Waals surface area contributed by atoms with E-state index in [0.29, 0.717) is 11.6 Å². The van der Waals surface area contributed by atoms with Crippen LogP contribution in [0.1, 0.15) is 25.0 Å². The fourth-order valence-corrected chi connectivity index (χ4v) is 3.10. The molecule has 0 radical (unpaired) electrons. The van der Waals surface area contributed by atoms with Crippen molar-refractivity contribution in [2.24, 2.45) is 0 Å². The first kappa shape index (κ1) is 16.0. The minimum Gasteiger partial charge on any atom is -0.364 e. The number of amides is 1. The molecule has 120 valence electrons. The van der Waals surface area contributed by atoms with Crippen molar-refractivity contribution in [3.8, 4) is 0 Å². The molecular formula is C19H20ClNO2. The maximum Gasteiger partial charge on any atom is 0.256 e. The number of anilines is 1. The molecule has 3 rings (SSSR count). The van der Waals surface area contributed by atoms with Crippen LogP contribution in [0.3, 0.4) is 0 Å². The number of nitrogens with zero attached hydrogens (tertiary/aromatic N) is 1. The van der Waals surface area contributed by atoms with Gasteiger partial charge in [0, 0.05) is 16.8 Å². The average molecular weight is 330 g/mol. The fraction of sp³-hybridized carbons (Fsp3) is 0.316. The molecule has 4 heteroatoms. The Kier molecular flexibility index (Phi) is 4.69. The third-order valence-electron chi connectivity index (χ3n) is 4.21. The first-order chi connectivity index (χ1) is 11.1. The monoisotopic (exact) mass is 329 g/mol. The lowest BCUT2D eigenvalue weighted by atomic mass is 10.1. The van der Waals surface area contributed by atoms with Crippen LogP contribution in [0.15, 0.2) is 48.5 Å². The van der Waals surface area contributed by atoms with Crippen LogP contribution < -0.4 is 4.90 Å². The Morgan fingerprint density at radius 3 is 2.70 bits per heavy atom. The van der Waals surface area contributed by atoms with Crippen molar-refractivity contribution in [2.75, 3.05) is 4.90 Å². The summed E-state index contributed by atoms with van der Waals surface area (Å²) in [4.78, 5) is 14.6. The summed E-state index contributed by atoms with van der Waals surface area (Å²) in [5, 5.41) is 0.695. The van der Waals surface area contributed by atoms with Crippen LogP contribution in [0.2, 0.25) is 5.02 Å². The van der Waals surface area contributed by atoms with E-state index in [1.54, 1.807) is 0 Å². The molecule has 1 aliphatic rings. The van der Waals surface area contributed by atoms with Crippen molar-refractivity contribution in [1.82, 2.24) is 0 Å². The second kappa shape index (κ2) is 6.73. The fourth-order valence-electron chi connectivity index (χ4n) is 2.97. The van der Waals surface area contributed by atoms with Gasteiger partial charge in [-0.05, 0) is 49.6 Å². The number of halogens is 1. The molecule has 1 amide bonds. The Morgan fingerprint density at radius 2 is 1.96 bits per heavy atom. The Labute approximate surface area is 141 Å². The quantitative estimate of drug-likeness (QED) is 0.840. The van der Waals surface area contributed by atoms with Gasteiger partial charge in [-0.15, -0.1) is 0 Å². The van der Waals surface area contributed by atoms with Gasteiger partial charge in [0.2, 0.25) is 0 Å². The smallest absolute Gasteiger partial charge is 0.256 e. The first-order valence-corrected chi connectivity index (χ1v) is 8.21. The Bertz CT molecular complexity index is 699. The summed E-state index contributed by atoms with van der Waals surface area (Å²) in [6.07, 6.45) is 0.408. The average Bonchev–Trinajstić information content (AvgIpc) is 2.89. The predicted octanol–water partition coefficient (Wildman–Crippen LogP) is 4.22. The van der Waals surface area contributed by atoms with Crippen molar-refractivity contribution in [1.29, 1.82) is 0 Å². The molecule has 0 saturated carbocycles. The molecule has 0 N–H and O–H groups in total. The summed E-state index contributed by atoms with van der Waals surface area (Å²) in [7, 11) is 0. The molecule has 3 nitrogen and oxygen atoms in total. The topological polar surface area (TPSA) is 29.5 Å². The number of carbonyl (C=O) groups excluding carboxylic acids is 1. The molecule has 2 aromatic rings. The standard InChI is InChI=1S/C19H20ClNO2/c1-13-11-16-5-3-4-6-18(16)21(13)19(22)14(2)23-12-15-7-9-17(20)10-8-15/h3-10,13-14H,11-12H2,1-2H3/t13-,14+/m0/s1. The third kappa shape index (κ3) is 3.41. The summed E-state index contributed by atoms with van der Waals surface area (Å²) in [5.41, 5.74) is 3.23. The Hall–Kier alpha value is -1.84. The molecule has 2 atom stereocenters. The molecule has 2 aromatic carbocycles. The van der Waals surface area contributed by atoms with Gasteiger partial charge in [-0.3, -0.25) is 4.79 Å². The maximum atomic E-state index is 12.8. The number of ether oxygens (including phenoxy) is 1. The number of fused-ring (bicyclic) bond motifs is 1. The van der Waals surface area contributed by atoms with Crippen LogP contribution in [-0.4, -0.2) is 18.1 Å². The maximum absolute atomic E-state index is 12.8. The molecule has 0 aromatic heterocycles. The number of benzene rings is 2. The molecule has 1 aliphatic heterocycles. The molecule has 23 heavy (non-hydrogen) atoms. The van der Waals surface area contributed by atoms with Crippen LogP contribution in [-0.2, 0) is 22.6 Å². The van der Waals surface area contributed by atoms with E-state index in [4.69, 9.17) is 16.3 Å². The van der Waals surface area contributed by atoms with Crippen molar-refractivity contribution >= 4 is 23.2 Å². The molecule has 0 unspecified atom stereocenters. The van der Waals surface area contributed by atoms with Gasteiger partial charge in [0.15, 0.2) is 0 Å². The lowest BCUT2D eigenvalue weighted by Crippen LogP contribution is -2.42. The highest BCUT2D eigenvalue weighted by Gasteiger charge is 2.33. The molecule has 0 spiro atoms. The van der Waals surface area contributed by atoms with E-state index in [0.717, 1.165) is 17.7 Å². The van der Waals surface area contributed by atoms with Crippen LogP contribution in [0.25, 0.3) is 0 Å². The van der Waals surface area contributed by atoms with Gasteiger partial charge in [-0.25, -0.2) is 0 Å². The number of rotatable bonds is 4. The van der Waals surface area contributed by atoms with Crippen LogP contribution >= 0.6 is 11.6 Å². The Balaban J connectivity index is 1.67. The lowest BCUT2D eigenvalue weighted by Gasteiger charge is -2.26. The van der Waals surface area contributed by atoms with E-state index in [1.807, 2.05) is 54.3 Å². The van der Waals surface area contributed by atoms with Crippen molar-refractivity contribution in [3.05, 3.63) is 64.7 Å². The van der Waals surface area contributed by atoms with Crippen molar-refractivity contribution < 1.29 is 9.53 Å².